The minimum Gasteiger partial charge on any atom is -0.465 e. The number of benzene rings is 2. The summed E-state index contributed by atoms with van der Waals surface area (Å²) in [5.41, 5.74) is 5.52. The van der Waals surface area contributed by atoms with Crippen molar-refractivity contribution in [1.82, 2.24) is 9.13 Å². The molecule has 3 aromatic rings. The zero-order chi connectivity index (χ0) is 26.4. The van der Waals surface area contributed by atoms with Crippen LogP contribution in [0.15, 0.2) is 58.1 Å². The molecule has 0 spiro atoms. The average molecular weight is 495 g/mol. The fourth-order valence-corrected chi connectivity index (χ4v) is 3.65. The summed E-state index contributed by atoms with van der Waals surface area (Å²) in [6, 6.07) is 13.1. The van der Waals surface area contributed by atoms with Gasteiger partial charge < -0.3 is 20.5 Å². The van der Waals surface area contributed by atoms with E-state index in [0.29, 0.717) is 0 Å². The second-order valence-corrected chi connectivity index (χ2v) is 7.72. The molecule has 2 aromatic carbocycles. The Morgan fingerprint density at radius 1 is 0.917 bits per heavy atom. The zero-order valence-electron chi connectivity index (χ0n) is 20.1. The number of methoxy groups -OCH3 is 2. The third-order valence-corrected chi connectivity index (χ3v) is 5.47. The van der Waals surface area contributed by atoms with Gasteiger partial charge in [0.15, 0.2) is 5.78 Å². The van der Waals surface area contributed by atoms with Crippen molar-refractivity contribution in [1.29, 1.82) is 0 Å². The number of nitrogens with one attached hydrogen (secondary N) is 1. The number of carbonyl (C=O) groups is 3. The molecule has 188 valence electrons. The first-order valence-electron chi connectivity index (χ1n) is 11.0. The summed E-state index contributed by atoms with van der Waals surface area (Å²) in [7, 11) is 2.38. The van der Waals surface area contributed by atoms with Gasteiger partial charge in [-0.1, -0.05) is 30.3 Å². The Balaban J connectivity index is 1.98. The molecular formula is C25H26N4O7. The number of ether oxygens (including phenoxy) is 2. The molecule has 0 amide bonds. The summed E-state index contributed by atoms with van der Waals surface area (Å²) >= 11 is 0. The summed E-state index contributed by atoms with van der Waals surface area (Å²) in [6.07, 6.45) is 0. The van der Waals surface area contributed by atoms with Gasteiger partial charge in [-0.2, -0.15) is 0 Å². The van der Waals surface area contributed by atoms with Crippen LogP contribution in [0.5, 0.6) is 0 Å². The molecule has 1 heterocycles. The lowest BCUT2D eigenvalue weighted by atomic mass is 10.1. The fraction of sp³-hybridized carbons (Fsp3) is 0.240. The third kappa shape index (κ3) is 5.35. The lowest BCUT2D eigenvalue weighted by Gasteiger charge is -2.16. The highest BCUT2D eigenvalue weighted by molar-refractivity contribution is 6.03. The van der Waals surface area contributed by atoms with Gasteiger partial charge in [0.2, 0.25) is 0 Å². The summed E-state index contributed by atoms with van der Waals surface area (Å²) in [4.78, 5) is 63.0. The number of nitrogens with zero attached hydrogens (tertiary/aromatic N) is 2. The van der Waals surface area contributed by atoms with Crippen molar-refractivity contribution in [2.24, 2.45) is 0 Å². The first-order chi connectivity index (χ1) is 17.2. The molecule has 1 aromatic heterocycles. The maximum atomic E-state index is 13.1. The number of nitrogens with two attached hydrogens (primary N) is 1. The number of aromatic nitrogens is 2. The molecule has 11 heteroatoms. The van der Waals surface area contributed by atoms with Crippen LogP contribution in [0.3, 0.4) is 0 Å². The van der Waals surface area contributed by atoms with Crippen LogP contribution in [0.1, 0.15) is 43.6 Å². The van der Waals surface area contributed by atoms with Gasteiger partial charge in [0.1, 0.15) is 11.4 Å². The highest BCUT2D eigenvalue weighted by atomic mass is 16.5. The molecule has 0 atom stereocenters. The van der Waals surface area contributed by atoms with E-state index in [1.54, 1.807) is 31.2 Å². The summed E-state index contributed by atoms with van der Waals surface area (Å²) in [5, 5.41) is 2.80. The first-order valence-corrected chi connectivity index (χ1v) is 11.0. The van der Waals surface area contributed by atoms with Gasteiger partial charge in [0, 0.05) is 12.2 Å². The molecule has 0 aliphatic heterocycles. The fourth-order valence-electron chi connectivity index (χ4n) is 3.65. The topological polar surface area (TPSA) is 152 Å². The largest absolute Gasteiger partial charge is 0.465 e. The summed E-state index contributed by atoms with van der Waals surface area (Å²) in [5.74, 6) is -2.31. The summed E-state index contributed by atoms with van der Waals surface area (Å²) in [6.45, 7) is 1.33. The van der Waals surface area contributed by atoms with Crippen LogP contribution in [0.25, 0.3) is 0 Å². The molecule has 0 aliphatic carbocycles. The second-order valence-electron chi connectivity index (χ2n) is 7.72. The molecule has 3 rings (SSSR count). The van der Waals surface area contributed by atoms with Gasteiger partial charge in [-0.15, -0.1) is 0 Å². The lowest BCUT2D eigenvalue weighted by Crippen LogP contribution is -2.44. The van der Waals surface area contributed by atoms with E-state index in [1.165, 1.54) is 37.0 Å². The molecule has 0 radical (unpaired) electrons. The van der Waals surface area contributed by atoms with Crippen LogP contribution in [0.2, 0.25) is 0 Å². The van der Waals surface area contributed by atoms with E-state index in [9.17, 15) is 24.0 Å². The molecular weight excluding hydrogens is 468 g/mol. The van der Waals surface area contributed by atoms with Gasteiger partial charge in [0.05, 0.1) is 38.4 Å². The molecule has 0 saturated heterocycles. The molecule has 0 saturated carbocycles. The smallest absolute Gasteiger partial charge is 0.337 e. The van der Waals surface area contributed by atoms with Crippen molar-refractivity contribution in [3.8, 4) is 0 Å². The highest BCUT2D eigenvalue weighted by Gasteiger charge is 2.23. The van der Waals surface area contributed by atoms with Crippen LogP contribution in [0.4, 0.5) is 11.5 Å². The summed E-state index contributed by atoms with van der Waals surface area (Å²) < 4.78 is 11.5. The third-order valence-electron chi connectivity index (χ3n) is 5.47. The van der Waals surface area contributed by atoms with Crippen molar-refractivity contribution in [3.05, 3.63) is 91.6 Å². The quantitative estimate of drug-likeness (QED) is 0.333. The van der Waals surface area contributed by atoms with Gasteiger partial charge >= 0.3 is 17.6 Å². The number of carbonyl (C=O) groups excluding carboxylic acids is 3. The second kappa shape index (κ2) is 11.2. The maximum Gasteiger partial charge on any atom is 0.337 e. The van der Waals surface area contributed by atoms with E-state index in [-0.39, 0.29) is 41.3 Å². The number of esters is 2. The monoisotopic (exact) mass is 494 g/mol. The average Bonchev–Trinajstić information content (AvgIpc) is 2.89. The molecule has 0 bridgehead atoms. The number of ketones is 1. The van der Waals surface area contributed by atoms with Crippen LogP contribution >= 0.6 is 0 Å². The standard InChI is InChI=1S/C25H26N4O7/c1-4-28-22(31)20(21(26)29(25(28)34)14-15-8-6-5-7-9-15)19(30)13-27-18-11-16(23(32)35-2)10-17(12-18)24(33)36-3/h5-12,27H,4,13-14,26H2,1-3H3. The Bertz CT molecular complexity index is 1390. The Labute approximate surface area is 206 Å². The first kappa shape index (κ1) is 25.9. The Morgan fingerprint density at radius 2 is 1.50 bits per heavy atom. The van der Waals surface area contributed by atoms with Crippen LogP contribution < -0.4 is 22.3 Å². The number of hydrogen-bond donors (Lipinski definition) is 2. The molecule has 0 fully saturated rings. The molecule has 36 heavy (non-hydrogen) atoms. The van der Waals surface area contributed by atoms with Gasteiger partial charge in [-0.25, -0.2) is 14.4 Å². The minimum absolute atomic E-state index is 0.0457. The highest BCUT2D eigenvalue weighted by Crippen LogP contribution is 2.18. The van der Waals surface area contributed by atoms with Crippen molar-refractivity contribution < 1.29 is 23.9 Å². The predicted molar refractivity (Wildman–Crippen MR) is 133 cm³/mol. The number of rotatable bonds is 9. The minimum atomic E-state index is -0.797. The van der Waals surface area contributed by atoms with Crippen LogP contribution in [0, 0.1) is 0 Å². The van der Waals surface area contributed by atoms with E-state index in [2.05, 4.69) is 5.32 Å². The van der Waals surface area contributed by atoms with E-state index in [0.717, 1.165) is 10.1 Å². The number of nitrogen functional groups attached to an aromatic ring is 1. The van der Waals surface area contributed by atoms with E-state index >= 15 is 0 Å². The number of Topliss-reactive ketones (excluding diaryl/α,β-unsaturated/α-hetero) is 1. The van der Waals surface area contributed by atoms with Crippen molar-refractivity contribution in [2.75, 3.05) is 31.8 Å². The van der Waals surface area contributed by atoms with E-state index < -0.39 is 35.5 Å². The molecule has 0 aliphatic rings. The van der Waals surface area contributed by atoms with Crippen molar-refractivity contribution in [2.45, 2.75) is 20.0 Å². The molecule has 11 nitrogen and oxygen atoms in total. The number of hydrogen-bond acceptors (Lipinski definition) is 9. The van der Waals surface area contributed by atoms with Crippen molar-refractivity contribution >= 4 is 29.2 Å². The lowest BCUT2D eigenvalue weighted by molar-refractivity contribution is 0.0599. The van der Waals surface area contributed by atoms with Crippen LogP contribution in [-0.4, -0.2) is 47.6 Å². The Hall–Kier alpha value is -4.67. The molecule has 0 unspecified atom stereocenters. The SMILES string of the molecule is CCn1c(=O)c(C(=O)CNc2cc(C(=O)OC)cc(C(=O)OC)c2)c(N)n(Cc2ccccc2)c1=O. The van der Waals surface area contributed by atoms with Crippen molar-refractivity contribution in [3.63, 3.8) is 0 Å². The van der Waals surface area contributed by atoms with Gasteiger partial charge in [-0.05, 0) is 30.7 Å². The maximum absolute atomic E-state index is 13.1. The van der Waals surface area contributed by atoms with Gasteiger partial charge in [-0.3, -0.25) is 18.7 Å². The normalized spacial score (nSPS) is 10.5. The van der Waals surface area contributed by atoms with E-state index in [4.69, 9.17) is 15.2 Å². The van der Waals surface area contributed by atoms with Crippen LogP contribution in [-0.2, 0) is 22.6 Å². The Morgan fingerprint density at radius 3 is 2.03 bits per heavy atom. The Kier molecular flexibility index (Phi) is 8.05. The predicted octanol–water partition coefficient (Wildman–Crippen LogP) is 1.53. The van der Waals surface area contributed by atoms with E-state index in [1.807, 2.05) is 6.07 Å². The van der Waals surface area contributed by atoms with Gasteiger partial charge in [0.25, 0.3) is 5.56 Å². The number of anilines is 2. The zero-order valence-corrected chi connectivity index (χ0v) is 20.1. The molecule has 3 N–H and O–H groups in total.